The molecule has 0 saturated carbocycles. The predicted octanol–water partition coefficient (Wildman–Crippen LogP) is 3.03. The Morgan fingerprint density at radius 3 is 2.81 bits per heavy atom. The molecule has 7 nitrogen and oxygen atoms in total. The predicted molar refractivity (Wildman–Crippen MR) is 79.5 cm³/mol. The first-order valence-corrected chi connectivity index (χ1v) is 6.65. The Kier molecular flexibility index (Phi) is 4.42. The van der Waals surface area contributed by atoms with Crippen LogP contribution in [-0.2, 0) is 6.54 Å². The van der Waals surface area contributed by atoms with Gasteiger partial charge in [0.1, 0.15) is 5.69 Å². The summed E-state index contributed by atoms with van der Waals surface area (Å²) in [4.78, 5) is 10.9. The normalized spacial score (nSPS) is 10.7. The van der Waals surface area contributed by atoms with Crippen LogP contribution in [-0.4, -0.2) is 21.2 Å². The molecule has 0 fully saturated rings. The van der Waals surface area contributed by atoms with Crippen molar-refractivity contribution in [3.63, 3.8) is 0 Å². The van der Waals surface area contributed by atoms with Crippen molar-refractivity contribution in [1.29, 1.82) is 0 Å². The fraction of sp³-hybridized carbons (Fsp3) is 0.357. The van der Waals surface area contributed by atoms with Gasteiger partial charge in [0, 0.05) is 17.8 Å². The standard InChI is InChI=1S/C14H18N4O3/c1-9(2)21-13-6-4-5-12(14(13)18(19)20)15-7-11-8-16-17-10(11)3/h4-6,8-9,15H,7H2,1-3H3,(H,16,17). The minimum atomic E-state index is -0.428. The summed E-state index contributed by atoms with van der Waals surface area (Å²) in [6.07, 6.45) is 1.57. The van der Waals surface area contributed by atoms with Crippen molar-refractivity contribution in [2.24, 2.45) is 0 Å². The quantitative estimate of drug-likeness (QED) is 0.630. The molecule has 0 unspecified atom stereocenters. The van der Waals surface area contributed by atoms with Crippen molar-refractivity contribution in [2.45, 2.75) is 33.4 Å². The molecule has 21 heavy (non-hydrogen) atoms. The smallest absolute Gasteiger partial charge is 0.333 e. The zero-order valence-corrected chi connectivity index (χ0v) is 12.2. The number of aromatic nitrogens is 2. The molecule has 1 aromatic heterocycles. The number of nitrogens with one attached hydrogen (secondary N) is 2. The SMILES string of the molecule is Cc1[nH]ncc1CNc1cccc(OC(C)C)c1[N+](=O)[O-]. The number of H-pyrrole nitrogens is 1. The number of rotatable bonds is 6. The van der Waals surface area contributed by atoms with E-state index in [0.717, 1.165) is 11.3 Å². The molecular formula is C14H18N4O3. The van der Waals surface area contributed by atoms with Crippen LogP contribution in [0.4, 0.5) is 11.4 Å². The molecule has 0 amide bonds. The third-order valence-electron chi connectivity index (χ3n) is 2.95. The Hall–Kier alpha value is -2.57. The highest BCUT2D eigenvalue weighted by atomic mass is 16.6. The molecule has 0 atom stereocenters. The van der Waals surface area contributed by atoms with Crippen molar-refractivity contribution in [3.05, 3.63) is 45.8 Å². The van der Waals surface area contributed by atoms with E-state index in [1.807, 2.05) is 20.8 Å². The van der Waals surface area contributed by atoms with Gasteiger partial charge >= 0.3 is 5.69 Å². The van der Waals surface area contributed by atoms with Gasteiger partial charge in [-0.2, -0.15) is 5.10 Å². The lowest BCUT2D eigenvalue weighted by atomic mass is 10.2. The number of hydrogen-bond acceptors (Lipinski definition) is 5. The van der Waals surface area contributed by atoms with Gasteiger partial charge in [-0.3, -0.25) is 15.2 Å². The van der Waals surface area contributed by atoms with Gasteiger partial charge in [-0.05, 0) is 32.9 Å². The van der Waals surface area contributed by atoms with Crippen LogP contribution in [0.3, 0.4) is 0 Å². The molecule has 1 heterocycles. The van der Waals surface area contributed by atoms with Gasteiger partial charge in [0.25, 0.3) is 0 Å². The van der Waals surface area contributed by atoms with Crippen molar-refractivity contribution in [1.82, 2.24) is 10.2 Å². The highest BCUT2D eigenvalue weighted by Gasteiger charge is 2.21. The van der Waals surface area contributed by atoms with Gasteiger partial charge in [-0.25, -0.2) is 0 Å². The Bertz CT molecular complexity index is 637. The second-order valence-corrected chi connectivity index (χ2v) is 4.95. The summed E-state index contributed by atoms with van der Waals surface area (Å²) in [6, 6.07) is 5.00. The van der Waals surface area contributed by atoms with Crippen molar-refractivity contribution in [2.75, 3.05) is 5.32 Å². The van der Waals surface area contributed by atoms with Gasteiger partial charge in [-0.15, -0.1) is 0 Å². The molecule has 7 heteroatoms. The second-order valence-electron chi connectivity index (χ2n) is 4.95. The Morgan fingerprint density at radius 2 is 2.24 bits per heavy atom. The molecule has 2 rings (SSSR count). The fourth-order valence-corrected chi connectivity index (χ4v) is 1.95. The summed E-state index contributed by atoms with van der Waals surface area (Å²) >= 11 is 0. The number of nitro benzene ring substituents is 1. The van der Waals surface area contributed by atoms with Crippen LogP contribution in [0.15, 0.2) is 24.4 Å². The van der Waals surface area contributed by atoms with Crippen molar-refractivity contribution in [3.8, 4) is 5.75 Å². The van der Waals surface area contributed by atoms with E-state index < -0.39 is 4.92 Å². The first kappa shape index (κ1) is 14.8. The van der Waals surface area contributed by atoms with Crippen LogP contribution in [0.2, 0.25) is 0 Å². The Morgan fingerprint density at radius 1 is 1.48 bits per heavy atom. The number of aromatic amines is 1. The average Bonchev–Trinajstić information content (AvgIpc) is 2.81. The summed E-state index contributed by atoms with van der Waals surface area (Å²) in [7, 11) is 0. The maximum absolute atomic E-state index is 11.3. The molecule has 0 aliphatic carbocycles. The fourth-order valence-electron chi connectivity index (χ4n) is 1.95. The molecule has 1 aromatic carbocycles. The number of nitrogens with zero attached hydrogens (tertiary/aromatic N) is 2. The molecule has 2 N–H and O–H groups in total. The Balaban J connectivity index is 2.26. The van der Waals surface area contributed by atoms with Gasteiger partial charge in [0.15, 0.2) is 5.75 Å². The topological polar surface area (TPSA) is 93.1 Å². The zero-order valence-electron chi connectivity index (χ0n) is 12.2. The van der Waals surface area contributed by atoms with Crippen LogP contribution < -0.4 is 10.1 Å². The molecule has 0 radical (unpaired) electrons. The third-order valence-corrected chi connectivity index (χ3v) is 2.95. The van der Waals surface area contributed by atoms with Crippen molar-refractivity contribution >= 4 is 11.4 Å². The third kappa shape index (κ3) is 3.50. The van der Waals surface area contributed by atoms with Gasteiger partial charge in [0.05, 0.1) is 17.2 Å². The highest BCUT2D eigenvalue weighted by molar-refractivity contribution is 5.68. The molecule has 0 saturated heterocycles. The van der Waals surface area contributed by atoms with Crippen LogP contribution in [0, 0.1) is 17.0 Å². The number of hydrogen-bond donors (Lipinski definition) is 2. The lowest BCUT2D eigenvalue weighted by Crippen LogP contribution is -2.09. The molecule has 0 aliphatic heterocycles. The second kappa shape index (κ2) is 6.25. The largest absolute Gasteiger partial charge is 0.484 e. The van der Waals surface area contributed by atoms with E-state index in [9.17, 15) is 10.1 Å². The summed E-state index contributed by atoms with van der Waals surface area (Å²) in [5.74, 6) is 0.268. The maximum atomic E-state index is 11.3. The van der Waals surface area contributed by atoms with E-state index in [0.29, 0.717) is 12.2 Å². The van der Waals surface area contributed by atoms with E-state index in [4.69, 9.17) is 4.74 Å². The van der Waals surface area contributed by atoms with Crippen molar-refractivity contribution < 1.29 is 9.66 Å². The van der Waals surface area contributed by atoms with Crippen LogP contribution >= 0.6 is 0 Å². The number of ether oxygens (including phenoxy) is 1. The summed E-state index contributed by atoms with van der Waals surface area (Å²) in [5, 5.41) is 21.1. The van der Waals surface area contributed by atoms with E-state index >= 15 is 0 Å². The molecule has 0 bridgehead atoms. The number of nitro groups is 1. The summed E-state index contributed by atoms with van der Waals surface area (Å²) in [5.41, 5.74) is 2.27. The Labute approximate surface area is 122 Å². The molecule has 112 valence electrons. The number of para-hydroxylation sites is 1. The number of aryl methyl sites for hydroxylation is 1. The minimum Gasteiger partial charge on any atom is -0.484 e. The first-order valence-electron chi connectivity index (χ1n) is 6.65. The summed E-state index contributed by atoms with van der Waals surface area (Å²) < 4.78 is 5.51. The van der Waals surface area contributed by atoms with Gasteiger partial charge in [0.2, 0.25) is 0 Å². The average molecular weight is 290 g/mol. The van der Waals surface area contributed by atoms with Gasteiger partial charge < -0.3 is 10.1 Å². The molecular weight excluding hydrogens is 272 g/mol. The number of anilines is 1. The van der Waals surface area contributed by atoms with E-state index in [2.05, 4.69) is 15.5 Å². The lowest BCUT2D eigenvalue weighted by Gasteiger charge is -2.13. The molecule has 0 aliphatic rings. The van der Waals surface area contributed by atoms with Crippen LogP contribution in [0.5, 0.6) is 5.75 Å². The maximum Gasteiger partial charge on any atom is 0.333 e. The number of benzene rings is 1. The van der Waals surface area contributed by atoms with Crippen LogP contribution in [0.25, 0.3) is 0 Å². The summed E-state index contributed by atoms with van der Waals surface area (Å²) in [6.45, 7) is 6.02. The van der Waals surface area contributed by atoms with E-state index in [1.54, 1.807) is 24.4 Å². The monoisotopic (exact) mass is 290 g/mol. The lowest BCUT2D eigenvalue weighted by molar-refractivity contribution is -0.385. The van der Waals surface area contributed by atoms with Gasteiger partial charge in [-0.1, -0.05) is 6.07 Å². The zero-order chi connectivity index (χ0) is 15.4. The van der Waals surface area contributed by atoms with Crippen LogP contribution in [0.1, 0.15) is 25.1 Å². The molecule has 0 spiro atoms. The molecule has 2 aromatic rings. The minimum absolute atomic E-state index is 0.0488. The highest BCUT2D eigenvalue weighted by Crippen LogP contribution is 2.35. The first-order chi connectivity index (χ1) is 9.99. The van der Waals surface area contributed by atoms with E-state index in [1.165, 1.54) is 0 Å². The van der Waals surface area contributed by atoms with E-state index in [-0.39, 0.29) is 17.5 Å².